The predicted molar refractivity (Wildman–Crippen MR) is 77.0 cm³/mol. The number of pyridine rings is 1. The average molecular weight is 292 g/mol. The fraction of sp³-hybridized carbons (Fsp3) is 0.533. The number of nitrogens with zero attached hydrogens (tertiary/aromatic N) is 1. The summed E-state index contributed by atoms with van der Waals surface area (Å²) < 4.78 is 5.35. The van der Waals surface area contributed by atoms with E-state index in [0.29, 0.717) is 31.0 Å². The van der Waals surface area contributed by atoms with Gasteiger partial charge in [-0.25, -0.2) is 4.98 Å². The van der Waals surface area contributed by atoms with Crippen molar-refractivity contribution < 1.29 is 19.4 Å². The third-order valence-electron chi connectivity index (χ3n) is 3.76. The number of anilines is 1. The van der Waals surface area contributed by atoms with Crippen molar-refractivity contribution in [1.82, 2.24) is 4.98 Å². The van der Waals surface area contributed by atoms with Gasteiger partial charge in [-0.05, 0) is 37.8 Å². The summed E-state index contributed by atoms with van der Waals surface area (Å²) in [5, 5.41) is 12.0. The van der Waals surface area contributed by atoms with Gasteiger partial charge in [-0.1, -0.05) is 6.92 Å². The average Bonchev–Trinajstić information content (AvgIpc) is 2.84. The SMILES string of the molecule is CCOc1ncccc1NC(=O)[C@H]1CC(C)C[C@H]1C(=O)O. The van der Waals surface area contributed by atoms with Crippen molar-refractivity contribution in [3.63, 3.8) is 0 Å². The molecule has 1 aliphatic rings. The van der Waals surface area contributed by atoms with E-state index in [-0.39, 0.29) is 11.8 Å². The van der Waals surface area contributed by atoms with Crippen LogP contribution in [-0.4, -0.2) is 28.6 Å². The van der Waals surface area contributed by atoms with Crippen molar-refractivity contribution in [2.24, 2.45) is 17.8 Å². The number of carbonyl (C=O) groups excluding carboxylic acids is 1. The molecule has 1 heterocycles. The molecule has 114 valence electrons. The van der Waals surface area contributed by atoms with Gasteiger partial charge in [0.05, 0.1) is 18.4 Å². The second-order valence-electron chi connectivity index (χ2n) is 5.41. The van der Waals surface area contributed by atoms with Crippen LogP contribution < -0.4 is 10.1 Å². The lowest BCUT2D eigenvalue weighted by molar-refractivity contribution is -0.145. The topological polar surface area (TPSA) is 88.5 Å². The fourth-order valence-electron chi connectivity index (χ4n) is 2.82. The third-order valence-corrected chi connectivity index (χ3v) is 3.76. The molecular formula is C15H20N2O4. The first kappa shape index (κ1) is 15.3. The van der Waals surface area contributed by atoms with Crippen molar-refractivity contribution in [2.75, 3.05) is 11.9 Å². The lowest BCUT2D eigenvalue weighted by atomic mass is 9.95. The summed E-state index contributed by atoms with van der Waals surface area (Å²) in [5.41, 5.74) is 0.480. The molecule has 1 unspecified atom stereocenters. The molecule has 0 aliphatic heterocycles. The Hall–Kier alpha value is -2.11. The van der Waals surface area contributed by atoms with Crippen molar-refractivity contribution >= 4 is 17.6 Å². The van der Waals surface area contributed by atoms with Gasteiger partial charge in [0.25, 0.3) is 0 Å². The molecular weight excluding hydrogens is 272 g/mol. The number of rotatable bonds is 5. The second-order valence-corrected chi connectivity index (χ2v) is 5.41. The van der Waals surface area contributed by atoms with E-state index in [4.69, 9.17) is 4.74 Å². The Balaban J connectivity index is 2.12. The van der Waals surface area contributed by atoms with Gasteiger partial charge < -0.3 is 15.2 Å². The number of hydrogen-bond acceptors (Lipinski definition) is 4. The van der Waals surface area contributed by atoms with Crippen LogP contribution in [-0.2, 0) is 9.59 Å². The summed E-state index contributed by atoms with van der Waals surface area (Å²) in [7, 11) is 0. The molecule has 1 amide bonds. The molecule has 0 radical (unpaired) electrons. The van der Waals surface area contributed by atoms with Crippen molar-refractivity contribution in [2.45, 2.75) is 26.7 Å². The number of carboxylic acid groups (broad SMARTS) is 1. The summed E-state index contributed by atoms with van der Waals surface area (Å²) in [4.78, 5) is 27.7. The number of hydrogen-bond donors (Lipinski definition) is 2. The normalized spacial score (nSPS) is 24.6. The predicted octanol–water partition coefficient (Wildman–Crippen LogP) is 2.17. The third kappa shape index (κ3) is 3.51. The molecule has 1 aliphatic carbocycles. The maximum absolute atomic E-state index is 12.4. The van der Waals surface area contributed by atoms with Gasteiger partial charge >= 0.3 is 5.97 Å². The lowest BCUT2D eigenvalue weighted by Gasteiger charge is -2.16. The zero-order valence-corrected chi connectivity index (χ0v) is 12.2. The highest BCUT2D eigenvalue weighted by Gasteiger charge is 2.41. The van der Waals surface area contributed by atoms with Gasteiger partial charge in [0.2, 0.25) is 11.8 Å². The molecule has 1 aromatic heterocycles. The zero-order chi connectivity index (χ0) is 15.4. The Labute approximate surface area is 123 Å². The number of carbonyl (C=O) groups is 2. The van der Waals surface area contributed by atoms with Crippen LogP contribution in [0.1, 0.15) is 26.7 Å². The number of amides is 1. The highest BCUT2D eigenvalue weighted by atomic mass is 16.5. The highest BCUT2D eigenvalue weighted by Crippen LogP contribution is 2.37. The van der Waals surface area contributed by atoms with Gasteiger partial charge in [-0.2, -0.15) is 0 Å². The Bertz CT molecular complexity index is 532. The molecule has 0 spiro atoms. The molecule has 0 bridgehead atoms. The van der Waals surface area contributed by atoms with E-state index in [1.54, 1.807) is 18.3 Å². The van der Waals surface area contributed by atoms with Crippen LogP contribution in [0.2, 0.25) is 0 Å². The van der Waals surface area contributed by atoms with Crippen molar-refractivity contribution in [1.29, 1.82) is 0 Å². The molecule has 2 rings (SSSR count). The molecule has 21 heavy (non-hydrogen) atoms. The van der Waals surface area contributed by atoms with E-state index in [1.165, 1.54) is 0 Å². The standard InChI is InChI=1S/C15H20N2O4/c1-3-21-14-12(5-4-6-16-14)17-13(18)10-7-9(2)8-11(10)15(19)20/h4-6,9-11H,3,7-8H2,1-2H3,(H,17,18)(H,19,20)/t9?,10-,11+/m0/s1. The Morgan fingerprint density at radius 3 is 2.81 bits per heavy atom. The number of aromatic nitrogens is 1. The van der Waals surface area contributed by atoms with E-state index >= 15 is 0 Å². The maximum atomic E-state index is 12.4. The monoisotopic (exact) mass is 292 g/mol. The van der Waals surface area contributed by atoms with E-state index < -0.39 is 17.8 Å². The summed E-state index contributed by atoms with van der Waals surface area (Å²) >= 11 is 0. The van der Waals surface area contributed by atoms with E-state index in [0.717, 1.165) is 0 Å². The van der Waals surface area contributed by atoms with Gasteiger partial charge in [0.15, 0.2) is 0 Å². The maximum Gasteiger partial charge on any atom is 0.307 e. The smallest absolute Gasteiger partial charge is 0.307 e. The number of ether oxygens (including phenoxy) is 1. The van der Waals surface area contributed by atoms with Crippen molar-refractivity contribution in [3.8, 4) is 5.88 Å². The molecule has 3 atom stereocenters. The van der Waals surface area contributed by atoms with Crippen LogP contribution in [0.5, 0.6) is 5.88 Å². The lowest BCUT2D eigenvalue weighted by Crippen LogP contribution is -2.30. The largest absolute Gasteiger partial charge is 0.481 e. The first-order chi connectivity index (χ1) is 10.0. The Kier molecular flexibility index (Phi) is 4.77. The molecule has 1 saturated carbocycles. The first-order valence-corrected chi connectivity index (χ1v) is 7.14. The second kappa shape index (κ2) is 6.56. The summed E-state index contributed by atoms with van der Waals surface area (Å²) in [5.74, 6) is -1.72. The summed E-state index contributed by atoms with van der Waals surface area (Å²) in [6.45, 7) is 4.25. The van der Waals surface area contributed by atoms with Crippen molar-refractivity contribution in [3.05, 3.63) is 18.3 Å². The first-order valence-electron chi connectivity index (χ1n) is 7.14. The van der Waals surface area contributed by atoms with E-state index in [2.05, 4.69) is 10.3 Å². The van der Waals surface area contributed by atoms with Crippen LogP contribution in [0.4, 0.5) is 5.69 Å². The molecule has 6 nitrogen and oxygen atoms in total. The molecule has 2 N–H and O–H groups in total. The summed E-state index contributed by atoms with van der Waals surface area (Å²) in [6.07, 6.45) is 2.71. The zero-order valence-electron chi connectivity index (χ0n) is 12.2. The van der Waals surface area contributed by atoms with Gasteiger partial charge in [-0.15, -0.1) is 0 Å². The molecule has 1 aromatic rings. The van der Waals surface area contributed by atoms with Gasteiger partial charge in [0, 0.05) is 6.20 Å². The molecule has 1 fully saturated rings. The molecule has 6 heteroatoms. The Morgan fingerprint density at radius 2 is 2.14 bits per heavy atom. The quantitative estimate of drug-likeness (QED) is 0.868. The number of aliphatic carboxylic acids is 1. The van der Waals surface area contributed by atoms with Crippen LogP contribution in [0.15, 0.2) is 18.3 Å². The molecule has 0 saturated heterocycles. The number of carboxylic acids is 1. The number of nitrogens with one attached hydrogen (secondary N) is 1. The minimum Gasteiger partial charge on any atom is -0.481 e. The van der Waals surface area contributed by atoms with Crippen LogP contribution in [0.3, 0.4) is 0 Å². The molecule has 0 aromatic carbocycles. The fourth-order valence-corrected chi connectivity index (χ4v) is 2.82. The minimum atomic E-state index is -0.907. The van der Waals surface area contributed by atoms with E-state index in [9.17, 15) is 14.7 Å². The van der Waals surface area contributed by atoms with Crippen LogP contribution in [0, 0.1) is 17.8 Å². The van der Waals surface area contributed by atoms with Crippen LogP contribution in [0.25, 0.3) is 0 Å². The van der Waals surface area contributed by atoms with Gasteiger partial charge in [0.1, 0.15) is 5.69 Å². The van der Waals surface area contributed by atoms with Crippen LogP contribution >= 0.6 is 0 Å². The Morgan fingerprint density at radius 1 is 1.43 bits per heavy atom. The minimum absolute atomic E-state index is 0.238. The van der Waals surface area contributed by atoms with E-state index in [1.807, 2.05) is 13.8 Å². The highest BCUT2D eigenvalue weighted by molar-refractivity contribution is 5.96. The summed E-state index contributed by atoms with van der Waals surface area (Å²) in [6, 6.07) is 3.40. The van der Waals surface area contributed by atoms with Gasteiger partial charge in [-0.3, -0.25) is 9.59 Å².